The van der Waals surface area contributed by atoms with Crippen molar-refractivity contribution in [2.75, 3.05) is 19.0 Å². The number of para-hydroxylation sites is 1. The highest BCUT2D eigenvalue weighted by molar-refractivity contribution is 5.89. The molecule has 0 saturated heterocycles. The lowest BCUT2D eigenvalue weighted by Crippen LogP contribution is -2.34. The van der Waals surface area contributed by atoms with Gasteiger partial charge in [-0.3, -0.25) is 10.1 Å². The summed E-state index contributed by atoms with van der Waals surface area (Å²) in [6.07, 6.45) is 0. The van der Waals surface area contributed by atoms with Crippen LogP contribution in [0.1, 0.15) is 12.5 Å². The van der Waals surface area contributed by atoms with E-state index in [0.29, 0.717) is 23.5 Å². The molecule has 0 radical (unpaired) electrons. The van der Waals surface area contributed by atoms with Crippen molar-refractivity contribution in [3.05, 3.63) is 64.2 Å². The summed E-state index contributed by atoms with van der Waals surface area (Å²) in [5.41, 5.74) is 1.13. The Labute approximate surface area is 140 Å². The summed E-state index contributed by atoms with van der Waals surface area (Å²) in [6.45, 7) is 2.41. The van der Waals surface area contributed by atoms with E-state index in [0.717, 1.165) is 0 Å². The van der Waals surface area contributed by atoms with E-state index in [4.69, 9.17) is 4.74 Å². The van der Waals surface area contributed by atoms with Crippen molar-refractivity contribution in [3.63, 3.8) is 0 Å². The first-order valence-electron chi connectivity index (χ1n) is 7.47. The number of amides is 2. The molecule has 2 aromatic carbocycles. The van der Waals surface area contributed by atoms with Gasteiger partial charge in [-0.05, 0) is 31.2 Å². The van der Waals surface area contributed by atoms with Crippen LogP contribution in [0.25, 0.3) is 0 Å². The molecule has 24 heavy (non-hydrogen) atoms. The van der Waals surface area contributed by atoms with Crippen molar-refractivity contribution in [2.45, 2.75) is 13.5 Å². The fraction of sp³-hybridized carbons (Fsp3) is 0.235. The minimum Gasteiger partial charge on any atom is -0.497 e. The van der Waals surface area contributed by atoms with E-state index in [1.165, 1.54) is 11.0 Å². The van der Waals surface area contributed by atoms with Crippen molar-refractivity contribution in [3.8, 4) is 5.75 Å². The van der Waals surface area contributed by atoms with Crippen LogP contribution in [-0.2, 0) is 6.54 Å². The summed E-state index contributed by atoms with van der Waals surface area (Å²) in [5.74, 6) is 0.695. The first-order chi connectivity index (χ1) is 11.5. The molecule has 7 heteroatoms. The summed E-state index contributed by atoms with van der Waals surface area (Å²) in [4.78, 5) is 24.6. The van der Waals surface area contributed by atoms with E-state index in [-0.39, 0.29) is 18.3 Å². The second-order valence-corrected chi connectivity index (χ2v) is 5.06. The molecule has 1 N–H and O–H groups in total. The van der Waals surface area contributed by atoms with Crippen molar-refractivity contribution in [2.24, 2.45) is 0 Å². The number of hydrogen-bond acceptors (Lipinski definition) is 4. The van der Waals surface area contributed by atoms with Gasteiger partial charge < -0.3 is 15.0 Å². The van der Waals surface area contributed by atoms with Gasteiger partial charge in [0, 0.05) is 23.9 Å². The van der Waals surface area contributed by atoms with Gasteiger partial charge in [-0.2, -0.15) is 0 Å². The Kier molecular flexibility index (Phi) is 5.73. The summed E-state index contributed by atoms with van der Waals surface area (Å²) in [6, 6.07) is 13.0. The van der Waals surface area contributed by atoms with E-state index >= 15 is 0 Å². The Bertz CT molecular complexity index is 716. The number of carbonyl (C=O) groups excluding carboxylic acids is 1. The number of urea groups is 1. The van der Waals surface area contributed by atoms with Crippen LogP contribution < -0.4 is 10.1 Å². The fourth-order valence-electron chi connectivity index (χ4n) is 2.23. The molecule has 0 aliphatic carbocycles. The summed E-state index contributed by atoms with van der Waals surface area (Å²) < 4.78 is 5.07. The zero-order chi connectivity index (χ0) is 17.5. The Morgan fingerprint density at radius 3 is 2.46 bits per heavy atom. The molecule has 0 fully saturated rings. The molecular formula is C17H19N3O4. The molecule has 0 heterocycles. The van der Waals surface area contributed by atoms with Crippen LogP contribution in [0.5, 0.6) is 5.75 Å². The molecule has 0 saturated carbocycles. The lowest BCUT2D eigenvalue weighted by molar-refractivity contribution is -0.385. The second-order valence-electron chi connectivity index (χ2n) is 5.06. The number of nitrogens with zero attached hydrogens (tertiary/aromatic N) is 2. The van der Waals surface area contributed by atoms with E-state index in [9.17, 15) is 14.9 Å². The Morgan fingerprint density at radius 2 is 1.88 bits per heavy atom. The summed E-state index contributed by atoms with van der Waals surface area (Å²) in [7, 11) is 1.57. The number of ether oxygens (including phenoxy) is 1. The number of nitro groups is 1. The van der Waals surface area contributed by atoms with Gasteiger partial charge in [-0.15, -0.1) is 0 Å². The highest BCUT2D eigenvalue weighted by atomic mass is 16.6. The van der Waals surface area contributed by atoms with E-state index in [1.54, 1.807) is 49.6 Å². The Balaban J connectivity index is 2.10. The normalized spacial score (nSPS) is 10.1. The van der Waals surface area contributed by atoms with E-state index in [2.05, 4.69) is 5.32 Å². The van der Waals surface area contributed by atoms with Crippen molar-refractivity contribution >= 4 is 17.4 Å². The third kappa shape index (κ3) is 4.22. The Morgan fingerprint density at radius 1 is 1.21 bits per heavy atom. The lowest BCUT2D eigenvalue weighted by atomic mass is 10.1. The van der Waals surface area contributed by atoms with Gasteiger partial charge in [0.15, 0.2) is 0 Å². The zero-order valence-electron chi connectivity index (χ0n) is 13.6. The topological polar surface area (TPSA) is 84.7 Å². The summed E-state index contributed by atoms with van der Waals surface area (Å²) in [5, 5.41) is 13.9. The molecular weight excluding hydrogens is 310 g/mol. The monoisotopic (exact) mass is 329 g/mol. The number of benzene rings is 2. The van der Waals surface area contributed by atoms with Crippen molar-refractivity contribution < 1.29 is 14.5 Å². The smallest absolute Gasteiger partial charge is 0.322 e. The molecule has 0 bridgehead atoms. The van der Waals surface area contributed by atoms with Crippen LogP contribution >= 0.6 is 0 Å². The molecule has 0 aromatic heterocycles. The quantitative estimate of drug-likeness (QED) is 0.647. The van der Waals surface area contributed by atoms with E-state index in [1.807, 2.05) is 6.92 Å². The fourth-order valence-corrected chi connectivity index (χ4v) is 2.23. The zero-order valence-corrected chi connectivity index (χ0v) is 13.6. The molecule has 7 nitrogen and oxygen atoms in total. The number of nitro benzene ring substituents is 1. The maximum atomic E-state index is 12.4. The van der Waals surface area contributed by atoms with Crippen LogP contribution in [0, 0.1) is 10.1 Å². The molecule has 2 rings (SSSR count). The predicted octanol–water partition coefficient (Wildman–Crippen LogP) is 3.66. The second kappa shape index (κ2) is 7.96. The Hall–Kier alpha value is -3.09. The van der Waals surface area contributed by atoms with Gasteiger partial charge in [-0.1, -0.05) is 18.2 Å². The minimum atomic E-state index is -0.440. The van der Waals surface area contributed by atoms with E-state index < -0.39 is 4.92 Å². The molecule has 126 valence electrons. The lowest BCUT2D eigenvalue weighted by Gasteiger charge is -2.21. The van der Waals surface area contributed by atoms with Gasteiger partial charge in [0.05, 0.1) is 18.6 Å². The van der Waals surface area contributed by atoms with Crippen LogP contribution in [0.15, 0.2) is 48.5 Å². The molecule has 2 amide bonds. The van der Waals surface area contributed by atoms with Crippen molar-refractivity contribution in [1.29, 1.82) is 0 Å². The van der Waals surface area contributed by atoms with Crippen LogP contribution in [-0.4, -0.2) is 29.5 Å². The minimum absolute atomic E-state index is 0.00759. The largest absolute Gasteiger partial charge is 0.497 e. The summed E-state index contributed by atoms with van der Waals surface area (Å²) >= 11 is 0. The van der Waals surface area contributed by atoms with Crippen molar-refractivity contribution in [1.82, 2.24) is 4.90 Å². The number of carbonyl (C=O) groups is 1. The maximum Gasteiger partial charge on any atom is 0.322 e. The first kappa shape index (κ1) is 17.3. The third-order valence-corrected chi connectivity index (χ3v) is 3.56. The molecule has 2 aromatic rings. The van der Waals surface area contributed by atoms with Crippen LogP contribution in [0.3, 0.4) is 0 Å². The number of rotatable bonds is 6. The average molecular weight is 329 g/mol. The number of hydrogen-bond donors (Lipinski definition) is 1. The van der Waals surface area contributed by atoms with Gasteiger partial charge in [0.2, 0.25) is 0 Å². The molecule has 0 aliphatic heterocycles. The van der Waals surface area contributed by atoms with Crippen LogP contribution in [0.4, 0.5) is 16.2 Å². The number of methoxy groups -OCH3 is 1. The number of anilines is 1. The first-order valence-corrected chi connectivity index (χ1v) is 7.47. The maximum absolute atomic E-state index is 12.4. The molecule has 0 atom stereocenters. The standard InChI is InChI=1S/C17H19N3O4/c1-3-19(12-13-6-4-5-7-16(13)20(22)23)17(21)18-14-8-10-15(24-2)11-9-14/h4-11H,3,12H2,1-2H3,(H,18,21). The SMILES string of the molecule is CCN(Cc1ccccc1[N+](=O)[O-])C(=O)Nc1ccc(OC)cc1. The predicted molar refractivity (Wildman–Crippen MR) is 91.2 cm³/mol. The van der Waals surface area contributed by atoms with Gasteiger partial charge in [0.25, 0.3) is 5.69 Å². The van der Waals surface area contributed by atoms with Crippen LogP contribution in [0.2, 0.25) is 0 Å². The van der Waals surface area contributed by atoms with Gasteiger partial charge in [-0.25, -0.2) is 4.79 Å². The molecule has 0 spiro atoms. The average Bonchev–Trinajstić information content (AvgIpc) is 2.60. The highest BCUT2D eigenvalue weighted by Gasteiger charge is 2.18. The number of nitrogens with one attached hydrogen (secondary N) is 1. The molecule has 0 aliphatic rings. The molecule has 0 unspecified atom stereocenters. The van der Waals surface area contributed by atoms with Gasteiger partial charge >= 0.3 is 6.03 Å². The highest BCUT2D eigenvalue weighted by Crippen LogP contribution is 2.20. The van der Waals surface area contributed by atoms with Gasteiger partial charge in [0.1, 0.15) is 5.75 Å². The third-order valence-electron chi connectivity index (χ3n) is 3.56.